The van der Waals surface area contributed by atoms with Crippen LogP contribution in [-0.4, -0.2) is 56.7 Å². The smallest absolute Gasteiger partial charge is 0.236 e. The van der Waals surface area contributed by atoms with Gasteiger partial charge in [0.15, 0.2) is 0 Å². The second kappa shape index (κ2) is 7.61. The van der Waals surface area contributed by atoms with Crippen LogP contribution in [0.1, 0.15) is 30.8 Å². The van der Waals surface area contributed by atoms with Crippen molar-refractivity contribution in [2.24, 2.45) is 0 Å². The molecule has 24 heavy (non-hydrogen) atoms. The number of carbonyl (C=O) groups is 1. The van der Waals surface area contributed by atoms with E-state index in [9.17, 15) is 4.79 Å². The maximum atomic E-state index is 12.6. The molecule has 7 heteroatoms. The predicted octanol–water partition coefficient (Wildman–Crippen LogP) is 1.69. The molecule has 1 saturated heterocycles. The van der Waals surface area contributed by atoms with E-state index in [0.29, 0.717) is 19.1 Å². The molecule has 0 saturated carbocycles. The zero-order chi connectivity index (χ0) is 16.9. The zero-order valence-corrected chi connectivity index (χ0v) is 14.4. The molecule has 2 aromatic rings. The fourth-order valence-electron chi connectivity index (χ4n) is 3.20. The summed E-state index contributed by atoms with van der Waals surface area (Å²) in [4.78, 5) is 20.6. The van der Waals surface area contributed by atoms with Crippen LogP contribution in [0.4, 0.5) is 0 Å². The minimum atomic E-state index is 0.120. The number of carbonyl (C=O) groups excluding carboxylic acids is 1. The first kappa shape index (κ1) is 16.7. The lowest BCUT2D eigenvalue weighted by Gasteiger charge is -2.35. The van der Waals surface area contributed by atoms with Gasteiger partial charge in [-0.15, -0.1) is 0 Å². The highest BCUT2D eigenvalue weighted by atomic mass is 16.3. The highest BCUT2D eigenvalue weighted by molar-refractivity contribution is 5.78. The lowest BCUT2D eigenvalue weighted by molar-refractivity contribution is -0.133. The molecule has 3 rings (SSSR count). The van der Waals surface area contributed by atoms with Gasteiger partial charge in [0.2, 0.25) is 5.91 Å². The molecule has 0 bridgehead atoms. The number of hydrogen-bond donors (Lipinski definition) is 0. The van der Waals surface area contributed by atoms with Gasteiger partial charge < -0.3 is 9.32 Å². The molecular formula is C17H25N5O2. The van der Waals surface area contributed by atoms with Crippen molar-refractivity contribution in [3.63, 3.8) is 0 Å². The number of likely N-dealkylation sites (N-methyl/N-ethyl adjacent to an activating group) is 1. The van der Waals surface area contributed by atoms with Gasteiger partial charge in [-0.3, -0.25) is 14.4 Å². The van der Waals surface area contributed by atoms with Crippen LogP contribution in [0.5, 0.6) is 0 Å². The van der Waals surface area contributed by atoms with Gasteiger partial charge in [-0.1, -0.05) is 6.42 Å². The number of hydrogen-bond acceptors (Lipinski definition) is 5. The number of likely N-dealkylation sites (tertiary alicyclic amines) is 1. The van der Waals surface area contributed by atoms with Crippen molar-refractivity contribution in [3.05, 3.63) is 36.3 Å². The highest BCUT2D eigenvalue weighted by Gasteiger charge is 2.26. The third kappa shape index (κ3) is 4.23. The molecular weight excluding hydrogens is 306 g/mol. The second-order valence-corrected chi connectivity index (χ2v) is 6.50. The summed E-state index contributed by atoms with van der Waals surface area (Å²) in [6.07, 6.45) is 6.72. The summed E-state index contributed by atoms with van der Waals surface area (Å²) in [7, 11) is 1.83. The number of furan rings is 1. The predicted molar refractivity (Wildman–Crippen MR) is 89.2 cm³/mol. The van der Waals surface area contributed by atoms with E-state index in [0.717, 1.165) is 37.5 Å². The minimum Gasteiger partial charge on any atom is -0.464 e. The lowest BCUT2D eigenvalue weighted by atomic mass is 10.0. The van der Waals surface area contributed by atoms with E-state index in [1.165, 1.54) is 6.42 Å². The fraction of sp³-hybridized carbons (Fsp3) is 0.588. The maximum Gasteiger partial charge on any atom is 0.236 e. The molecule has 2 aromatic heterocycles. The number of aryl methyl sites for hydroxylation is 1. The molecule has 0 N–H and O–H groups in total. The third-order valence-corrected chi connectivity index (χ3v) is 4.57. The van der Waals surface area contributed by atoms with Crippen LogP contribution in [0.25, 0.3) is 0 Å². The van der Waals surface area contributed by atoms with E-state index in [1.807, 2.05) is 30.8 Å². The average molecular weight is 331 g/mol. The van der Waals surface area contributed by atoms with Crippen molar-refractivity contribution in [1.29, 1.82) is 0 Å². The van der Waals surface area contributed by atoms with Crippen LogP contribution in [0.15, 0.2) is 29.2 Å². The van der Waals surface area contributed by atoms with Crippen molar-refractivity contribution in [2.45, 2.75) is 45.3 Å². The van der Waals surface area contributed by atoms with Crippen molar-refractivity contribution in [3.8, 4) is 0 Å². The summed E-state index contributed by atoms with van der Waals surface area (Å²) in [6, 6.07) is 4.18. The Hall–Kier alpha value is -2.15. The number of nitrogens with zero attached hydrogens (tertiary/aromatic N) is 5. The van der Waals surface area contributed by atoms with Crippen LogP contribution in [0.3, 0.4) is 0 Å². The summed E-state index contributed by atoms with van der Waals surface area (Å²) in [5, 5.41) is 4.19. The first-order valence-electron chi connectivity index (χ1n) is 8.47. The topological polar surface area (TPSA) is 67.4 Å². The summed E-state index contributed by atoms with van der Waals surface area (Å²) in [5.41, 5.74) is 0. The molecule has 0 aliphatic carbocycles. The molecule has 1 unspecified atom stereocenters. The highest BCUT2D eigenvalue weighted by Crippen LogP contribution is 2.18. The minimum absolute atomic E-state index is 0.120. The van der Waals surface area contributed by atoms with Gasteiger partial charge in [-0.05, 0) is 38.4 Å². The molecule has 0 aromatic carbocycles. The summed E-state index contributed by atoms with van der Waals surface area (Å²) < 4.78 is 7.41. The number of piperidine rings is 1. The van der Waals surface area contributed by atoms with Gasteiger partial charge in [0.1, 0.15) is 24.2 Å². The van der Waals surface area contributed by atoms with Gasteiger partial charge in [0.25, 0.3) is 0 Å². The fourth-order valence-corrected chi connectivity index (χ4v) is 3.20. The van der Waals surface area contributed by atoms with E-state index < -0.39 is 0 Å². The van der Waals surface area contributed by atoms with E-state index >= 15 is 0 Å². The average Bonchev–Trinajstić information content (AvgIpc) is 3.21. The van der Waals surface area contributed by atoms with Crippen molar-refractivity contribution < 1.29 is 9.21 Å². The maximum absolute atomic E-state index is 12.6. The Morgan fingerprint density at radius 3 is 3.00 bits per heavy atom. The number of rotatable bonds is 6. The Morgan fingerprint density at radius 2 is 2.29 bits per heavy atom. The quantitative estimate of drug-likeness (QED) is 0.806. The van der Waals surface area contributed by atoms with Crippen molar-refractivity contribution in [1.82, 2.24) is 24.6 Å². The molecule has 1 aliphatic heterocycles. The number of aromatic nitrogens is 3. The van der Waals surface area contributed by atoms with Gasteiger partial charge in [0, 0.05) is 13.1 Å². The van der Waals surface area contributed by atoms with Crippen LogP contribution in [-0.2, 0) is 17.9 Å². The summed E-state index contributed by atoms with van der Waals surface area (Å²) in [6.45, 7) is 4.60. The normalized spacial score (nSPS) is 18.7. The van der Waals surface area contributed by atoms with Gasteiger partial charge >= 0.3 is 0 Å². The summed E-state index contributed by atoms with van der Waals surface area (Å²) in [5.74, 6) is 1.81. The Kier molecular flexibility index (Phi) is 5.30. The van der Waals surface area contributed by atoms with Crippen LogP contribution in [0.2, 0.25) is 0 Å². The monoisotopic (exact) mass is 331 g/mol. The second-order valence-electron chi connectivity index (χ2n) is 6.50. The zero-order valence-electron chi connectivity index (χ0n) is 14.4. The largest absolute Gasteiger partial charge is 0.464 e. The molecule has 0 spiro atoms. The molecule has 1 fully saturated rings. The van der Waals surface area contributed by atoms with Gasteiger partial charge in [-0.2, -0.15) is 5.10 Å². The molecule has 7 nitrogen and oxygen atoms in total. The lowest BCUT2D eigenvalue weighted by Crippen LogP contribution is -2.47. The van der Waals surface area contributed by atoms with Gasteiger partial charge in [-0.25, -0.2) is 4.98 Å². The number of amides is 1. The molecule has 1 amide bonds. The SMILES string of the molecule is Cc1ccc(CN(C)C(=O)CN2CCCCC2Cn2cncn2)o1. The van der Waals surface area contributed by atoms with Crippen LogP contribution < -0.4 is 0 Å². The van der Waals surface area contributed by atoms with Crippen molar-refractivity contribution >= 4 is 5.91 Å². The van der Waals surface area contributed by atoms with Crippen LogP contribution in [0, 0.1) is 6.92 Å². The summed E-state index contributed by atoms with van der Waals surface area (Å²) >= 11 is 0. The van der Waals surface area contributed by atoms with E-state index in [4.69, 9.17) is 4.42 Å². The molecule has 1 aliphatic rings. The first-order valence-corrected chi connectivity index (χ1v) is 8.47. The third-order valence-electron chi connectivity index (χ3n) is 4.57. The molecule has 3 heterocycles. The van der Waals surface area contributed by atoms with Gasteiger partial charge in [0.05, 0.1) is 19.6 Å². The standard InChI is InChI=1S/C17H25N5O2/c1-14-6-7-16(24-14)10-20(2)17(23)11-21-8-4-3-5-15(21)9-22-13-18-12-19-22/h6-7,12-13,15H,3-5,8-11H2,1-2H3. The van der Waals surface area contributed by atoms with Crippen molar-refractivity contribution in [2.75, 3.05) is 20.1 Å². The molecule has 130 valence electrons. The van der Waals surface area contributed by atoms with E-state index in [1.54, 1.807) is 17.6 Å². The van der Waals surface area contributed by atoms with E-state index in [-0.39, 0.29) is 5.91 Å². The molecule has 1 atom stereocenters. The molecule has 0 radical (unpaired) electrons. The Morgan fingerprint density at radius 1 is 1.42 bits per heavy atom. The Bertz CT molecular complexity index is 652. The Balaban J connectivity index is 1.56. The van der Waals surface area contributed by atoms with E-state index in [2.05, 4.69) is 15.0 Å². The van der Waals surface area contributed by atoms with Crippen LogP contribution >= 0.6 is 0 Å². The Labute approximate surface area is 142 Å². The first-order chi connectivity index (χ1) is 11.6.